The second-order valence-electron chi connectivity index (χ2n) is 11.5. The Balaban J connectivity index is 1.10. The Bertz CT molecular complexity index is 1690. The number of hydrogen-bond donors (Lipinski definition) is 1. The highest BCUT2D eigenvalue weighted by Crippen LogP contribution is 2.34. The lowest BCUT2D eigenvalue weighted by atomic mass is 9.87. The summed E-state index contributed by atoms with van der Waals surface area (Å²) in [6.07, 6.45) is -0.552. The Morgan fingerprint density at radius 2 is 1.41 bits per heavy atom. The summed E-state index contributed by atoms with van der Waals surface area (Å²) in [7, 11) is 0. The van der Waals surface area contributed by atoms with Crippen molar-refractivity contribution >= 4 is 16.9 Å². The number of carbonyl (C=O) groups is 1. The minimum atomic E-state index is -0.924. The average molecular weight is 618 g/mol. The quantitative estimate of drug-likeness (QED) is 0.135. The number of fused-ring (bicyclic) bond motifs is 1. The highest BCUT2D eigenvalue weighted by Gasteiger charge is 2.33. The number of carboxylic acid groups (broad SMARTS) is 1. The first-order valence-electron chi connectivity index (χ1n) is 15.7. The van der Waals surface area contributed by atoms with Gasteiger partial charge in [-0.05, 0) is 58.3 Å². The van der Waals surface area contributed by atoms with Gasteiger partial charge >= 0.3 is 6.09 Å². The fourth-order valence-corrected chi connectivity index (χ4v) is 5.91. The van der Waals surface area contributed by atoms with E-state index in [2.05, 4.69) is 30.3 Å². The van der Waals surface area contributed by atoms with Crippen LogP contribution in [0.5, 0.6) is 11.5 Å². The van der Waals surface area contributed by atoms with Crippen molar-refractivity contribution in [1.29, 1.82) is 0 Å². The molecule has 0 aromatic heterocycles. The number of rotatable bonds is 13. The maximum atomic E-state index is 11.9. The third-order valence-corrected chi connectivity index (χ3v) is 8.33. The van der Waals surface area contributed by atoms with E-state index in [1.165, 1.54) is 4.90 Å². The third-order valence-electron chi connectivity index (χ3n) is 8.33. The molecule has 0 aliphatic carbocycles. The van der Waals surface area contributed by atoms with E-state index in [1.807, 2.05) is 91.0 Å². The summed E-state index contributed by atoms with van der Waals surface area (Å²) in [4.78, 5) is 13.3. The fourth-order valence-electron chi connectivity index (χ4n) is 5.91. The van der Waals surface area contributed by atoms with Gasteiger partial charge < -0.3 is 29.0 Å². The zero-order valence-electron chi connectivity index (χ0n) is 25.8. The third kappa shape index (κ3) is 8.24. The Hall–Kier alpha value is -4.85. The van der Waals surface area contributed by atoms with Gasteiger partial charge in [-0.3, -0.25) is 0 Å². The number of likely N-dealkylation sites (tertiary alicyclic amines) is 1. The molecule has 1 saturated heterocycles. The first-order chi connectivity index (χ1) is 22.6. The zero-order valence-corrected chi connectivity index (χ0v) is 25.8. The molecule has 0 radical (unpaired) electrons. The van der Waals surface area contributed by atoms with E-state index in [9.17, 15) is 9.90 Å². The van der Waals surface area contributed by atoms with E-state index < -0.39 is 6.09 Å². The van der Waals surface area contributed by atoms with E-state index in [-0.39, 0.29) is 12.0 Å². The first-order valence-corrected chi connectivity index (χ1v) is 15.7. The van der Waals surface area contributed by atoms with Gasteiger partial charge in [0.15, 0.2) is 0 Å². The van der Waals surface area contributed by atoms with Crippen molar-refractivity contribution in [2.45, 2.75) is 38.3 Å². The van der Waals surface area contributed by atoms with Crippen LogP contribution >= 0.6 is 0 Å². The second kappa shape index (κ2) is 15.4. The summed E-state index contributed by atoms with van der Waals surface area (Å²) < 4.78 is 24.5. The van der Waals surface area contributed by atoms with Gasteiger partial charge in [0.05, 0.1) is 32.5 Å². The number of amides is 1. The summed E-state index contributed by atoms with van der Waals surface area (Å²) in [6, 6.07) is 40.5. The molecule has 1 fully saturated rings. The molecule has 2 atom stereocenters. The molecule has 7 nitrogen and oxygen atoms in total. The molecule has 1 aliphatic rings. The van der Waals surface area contributed by atoms with E-state index in [1.54, 1.807) is 0 Å². The molecule has 0 saturated carbocycles. The van der Waals surface area contributed by atoms with Crippen LogP contribution in [0.4, 0.5) is 4.79 Å². The van der Waals surface area contributed by atoms with Crippen molar-refractivity contribution in [3.05, 3.63) is 144 Å². The van der Waals surface area contributed by atoms with Crippen LogP contribution < -0.4 is 9.47 Å². The lowest BCUT2D eigenvalue weighted by Crippen LogP contribution is -2.46. The molecule has 236 valence electrons. The van der Waals surface area contributed by atoms with Crippen LogP contribution in [0.3, 0.4) is 0 Å². The molecule has 1 amide bonds. The lowest BCUT2D eigenvalue weighted by Gasteiger charge is -2.37. The van der Waals surface area contributed by atoms with Crippen LogP contribution in [0.15, 0.2) is 121 Å². The minimum Gasteiger partial charge on any atom is -0.491 e. The molecular weight excluding hydrogens is 578 g/mol. The summed E-state index contributed by atoms with van der Waals surface area (Å²) >= 11 is 0. The van der Waals surface area contributed by atoms with Gasteiger partial charge in [-0.15, -0.1) is 0 Å². The molecule has 7 heteroatoms. The maximum absolute atomic E-state index is 11.9. The predicted octanol–water partition coefficient (Wildman–Crippen LogP) is 8.07. The Morgan fingerprint density at radius 3 is 2.15 bits per heavy atom. The van der Waals surface area contributed by atoms with Crippen molar-refractivity contribution in [3.8, 4) is 11.5 Å². The topological polar surface area (TPSA) is 77.5 Å². The molecule has 2 unspecified atom stereocenters. The molecule has 46 heavy (non-hydrogen) atoms. The summed E-state index contributed by atoms with van der Waals surface area (Å²) in [5, 5.41) is 11.9. The summed E-state index contributed by atoms with van der Waals surface area (Å²) in [5.41, 5.74) is 4.31. The molecule has 0 bridgehead atoms. The van der Waals surface area contributed by atoms with Crippen LogP contribution in [0.2, 0.25) is 0 Å². The van der Waals surface area contributed by atoms with Gasteiger partial charge in [0.2, 0.25) is 0 Å². The highest BCUT2D eigenvalue weighted by atomic mass is 16.5. The fraction of sp³-hybridized carbons (Fsp3) is 0.256. The largest absolute Gasteiger partial charge is 0.491 e. The van der Waals surface area contributed by atoms with Gasteiger partial charge in [-0.1, -0.05) is 97.1 Å². The minimum absolute atomic E-state index is 0.0492. The maximum Gasteiger partial charge on any atom is 0.407 e. The zero-order chi connectivity index (χ0) is 31.6. The van der Waals surface area contributed by atoms with Crippen molar-refractivity contribution in [2.24, 2.45) is 0 Å². The van der Waals surface area contributed by atoms with Crippen LogP contribution in [0.1, 0.15) is 34.6 Å². The normalized spacial score (nSPS) is 16.3. The Kier molecular flexibility index (Phi) is 10.4. The van der Waals surface area contributed by atoms with Crippen molar-refractivity contribution < 1.29 is 28.8 Å². The Morgan fingerprint density at radius 1 is 0.717 bits per heavy atom. The predicted molar refractivity (Wildman–Crippen MR) is 178 cm³/mol. The van der Waals surface area contributed by atoms with Crippen molar-refractivity contribution in [3.63, 3.8) is 0 Å². The molecule has 0 spiro atoms. The van der Waals surface area contributed by atoms with E-state index >= 15 is 0 Å². The van der Waals surface area contributed by atoms with Gasteiger partial charge in [0.1, 0.15) is 24.7 Å². The SMILES string of the molecule is O=C(O)N1CCC(c2ccc(OCCOCc3ccccc3)cc2)C(OCc2cc(OCc3ccccc3)c3ccccc3c2)C1. The average Bonchev–Trinajstić information content (AvgIpc) is 3.10. The molecule has 6 rings (SSSR count). The summed E-state index contributed by atoms with van der Waals surface area (Å²) in [6.45, 7) is 3.08. The van der Waals surface area contributed by atoms with E-state index in [0.717, 1.165) is 44.5 Å². The van der Waals surface area contributed by atoms with Crippen LogP contribution in [0.25, 0.3) is 10.8 Å². The number of ether oxygens (including phenoxy) is 4. The van der Waals surface area contributed by atoms with Crippen LogP contribution in [-0.2, 0) is 29.3 Å². The smallest absolute Gasteiger partial charge is 0.407 e. The number of piperidine rings is 1. The molecule has 1 heterocycles. The highest BCUT2D eigenvalue weighted by molar-refractivity contribution is 5.89. The summed E-state index contributed by atoms with van der Waals surface area (Å²) in [5.74, 6) is 1.62. The Labute approximate surface area is 269 Å². The number of benzene rings is 5. The van der Waals surface area contributed by atoms with Gasteiger partial charge in [0.25, 0.3) is 0 Å². The molecule has 1 N–H and O–H groups in total. The monoisotopic (exact) mass is 617 g/mol. The van der Waals surface area contributed by atoms with E-state index in [4.69, 9.17) is 18.9 Å². The van der Waals surface area contributed by atoms with Gasteiger partial charge in [-0.2, -0.15) is 0 Å². The lowest BCUT2D eigenvalue weighted by molar-refractivity contribution is -0.0199. The van der Waals surface area contributed by atoms with Crippen molar-refractivity contribution in [1.82, 2.24) is 4.90 Å². The van der Waals surface area contributed by atoms with E-state index in [0.29, 0.717) is 52.5 Å². The number of nitrogens with zero attached hydrogens (tertiary/aromatic N) is 1. The molecule has 5 aromatic carbocycles. The standard InChI is InChI=1S/C39H39NO6/c41-39(42)40-20-19-36(32-15-17-34(18-16-32)44-22-21-43-26-29-9-3-1-4-10-29)38(25-40)46-28-31-23-33-13-7-8-14-35(33)37(24-31)45-27-30-11-5-2-6-12-30/h1-18,23-24,36,38H,19-22,25-28H2,(H,41,42). The van der Waals surface area contributed by atoms with Gasteiger partial charge in [0, 0.05) is 17.8 Å². The molecule has 5 aromatic rings. The second-order valence-corrected chi connectivity index (χ2v) is 11.5. The number of hydrogen-bond acceptors (Lipinski definition) is 5. The van der Waals surface area contributed by atoms with Crippen LogP contribution in [-0.4, -0.2) is 48.5 Å². The van der Waals surface area contributed by atoms with Gasteiger partial charge in [-0.25, -0.2) is 4.79 Å². The van der Waals surface area contributed by atoms with Crippen molar-refractivity contribution in [2.75, 3.05) is 26.3 Å². The molecular formula is C39H39NO6. The molecule has 1 aliphatic heterocycles. The van der Waals surface area contributed by atoms with Crippen LogP contribution in [0, 0.1) is 0 Å². The first kappa shape index (κ1) is 31.1.